The van der Waals surface area contributed by atoms with E-state index in [9.17, 15) is 0 Å². The summed E-state index contributed by atoms with van der Waals surface area (Å²) in [6.45, 7) is 4.97. The van der Waals surface area contributed by atoms with Crippen molar-refractivity contribution in [3.8, 4) is 23.0 Å². The number of benzene rings is 2. The molecule has 0 N–H and O–H groups in total. The average Bonchev–Trinajstić information content (AvgIpc) is 3.20. The second kappa shape index (κ2) is 9.42. The van der Waals surface area contributed by atoms with Gasteiger partial charge in [-0.15, -0.1) is 10.2 Å². The van der Waals surface area contributed by atoms with Gasteiger partial charge in [0.15, 0.2) is 11.5 Å². The molecule has 0 saturated heterocycles. The Balaban J connectivity index is 1.76. The SMILES string of the molecule is COc1cc(/C=C(\Cl)c2nnc(-c3ccccc3)o2)ccc1OCCC(C)C. The Morgan fingerprint density at radius 1 is 1.11 bits per heavy atom. The van der Waals surface area contributed by atoms with Crippen molar-refractivity contribution in [2.24, 2.45) is 5.92 Å². The molecule has 3 rings (SSSR count). The Morgan fingerprint density at radius 2 is 1.89 bits per heavy atom. The molecule has 0 aliphatic carbocycles. The molecule has 0 saturated carbocycles. The molecule has 6 heteroatoms. The highest BCUT2D eigenvalue weighted by Crippen LogP contribution is 2.31. The van der Waals surface area contributed by atoms with E-state index in [2.05, 4.69) is 24.0 Å². The van der Waals surface area contributed by atoms with Gasteiger partial charge in [-0.2, -0.15) is 0 Å². The third kappa shape index (κ3) is 5.14. The second-order valence-electron chi connectivity index (χ2n) is 6.71. The van der Waals surface area contributed by atoms with Crippen molar-refractivity contribution in [1.29, 1.82) is 0 Å². The highest BCUT2D eigenvalue weighted by Gasteiger charge is 2.12. The first-order chi connectivity index (χ1) is 13.6. The van der Waals surface area contributed by atoms with Gasteiger partial charge < -0.3 is 13.9 Å². The number of hydrogen-bond donors (Lipinski definition) is 0. The number of ether oxygens (including phenoxy) is 2. The molecule has 0 atom stereocenters. The molecule has 2 aromatic carbocycles. The largest absolute Gasteiger partial charge is 0.493 e. The molecule has 0 amide bonds. The number of rotatable bonds is 8. The third-order valence-corrected chi connectivity index (χ3v) is 4.35. The minimum absolute atomic E-state index is 0.261. The summed E-state index contributed by atoms with van der Waals surface area (Å²) in [7, 11) is 1.61. The molecule has 1 aromatic heterocycles. The monoisotopic (exact) mass is 398 g/mol. The predicted octanol–water partition coefficient (Wildman–Crippen LogP) is 5.91. The lowest BCUT2D eigenvalue weighted by atomic mass is 10.1. The van der Waals surface area contributed by atoms with Gasteiger partial charge in [-0.3, -0.25) is 0 Å². The van der Waals surface area contributed by atoms with Gasteiger partial charge >= 0.3 is 0 Å². The number of methoxy groups -OCH3 is 1. The molecular weight excluding hydrogens is 376 g/mol. The third-order valence-electron chi connectivity index (χ3n) is 4.08. The van der Waals surface area contributed by atoms with Crippen LogP contribution < -0.4 is 9.47 Å². The Morgan fingerprint density at radius 3 is 2.61 bits per heavy atom. The first-order valence-corrected chi connectivity index (χ1v) is 9.52. The van der Waals surface area contributed by atoms with Gasteiger partial charge in [0.25, 0.3) is 5.89 Å². The zero-order chi connectivity index (χ0) is 19.9. The molecule has 0 fully saturated rings. The van der Waals surface area contributed by atoms with Gasteiger partial charge in [-0.1, -0.05) is 49.7 Å². The molecule has 0 unspecified atom stereocenters. The lowest BCUT2D eigenvalue weighted by molar-refractivity contribution is 0.273. The summed E-state index contributed by atoms with van der Waals surface area (Å²) in [6, 6.07) is 15.2. The van der Waals surface area contributed by atoms with E-state index in [4.69, 9.17) is 25.5 Å². The molecule has 28 heavy (non-hydrogen) atoms. The summed E-state index contributed by atoms with van der Waals surface area (Å²) in [5, 5.41) is 8.44. The van der Waals surface area contributed by atoms with E-state index in [1.807, 2.05) is 48.5 Å². The summed E-state index contributed by atoms with van der Waals surface area (Å²) in [6.07, 6.45) is 2.74. The van der Waals surface area contributed by atoms with E-state index in [0.717, 1.165) is 17.5 Å². The maximum Gasteiger partial charge on any atom is 0.259 e. The van der Waals surface area contributed by atoms with Crippen LogP contribution >= 0.6 is 11.6 Å². The number of aromatic nitrogens is 2. The summed E-state index contributed by atoms with van der Waals surface area (Å²) in [4.78, 5) is 0. The highest BCUT2D eigenvalue weighted by molar-refractivity contribution is 6.50. The molecule has 146 valence electrons. The molecule has 3 aromatic rings. The van der Waals surface area contributed by atoms with Gasteiger partial charge in [0.1, 0.15) is 5.03 Å². The Kier molecular flexibility index (Phi) is 6.71. The molecular formula is C22H23ClN2O3. The fourth-order valence-corrected chi connectivity index (χ4v) is 2.73. The van der Waals surface area contributed by atoms with Crippen molar-refractivity contribution < 1.29 is 13.9 Å². The van der Waals surface area contributed by atoms with E-state index in [1.54, 1.807) is 13.2 Å². The quantitative estimate of drug-likeness (QED) is 0.472. The Labute approximate surface area is 170 Å². The molecule has 0 aliphatic heterocycles. The van der Waals surface area contributed by atoms with E-state index < -0.39 is 0 Å². The van der Waals surface area contributed by atoms with Crippen molar-refractivity contribution in [1.82, 2.24) is 10.2 Å². The molecule has 0 bridgehead atoms. The van der Waals surface area contributed by atoms with E-state index >= 15 is 0 Å². The second-order valence-corrected chi connectivity index (χ2v) is 7.12. The zero-order valence-corrected chi connectivity index (χ0v) is 16.9. The first kappa shape index (κ1) is 20.0. The van der Waals surface area contributed by atoms with Gasteiger partial charge in [-0.25, -0.2) is 0 Å². The van der Waals surface area contributed by atoms with Crippen molar-refractivity contribution >= 4 is 22.7 Å². The molecule has 5 nitrogen and oxygen atoms in total. The lowest BCUT2D eigenvalue weighted by Crippen LogP contribution is -2.02. The highest BCUT2D eigenvalue weighted by atomic mass is 35.5. The number of halogens is 1. The first-order valence-electron chi connectivity index (χ1n) is 9.14. The Bertz CT molecular complexity index is 936. The van der Waals surface area contributed by atoms with Crippen LogP contribution in [0.25, 0.3) is 22.6 Å². The normalized spacial score (nSPS) is 11.7. The van der Waals surface area contributed by atoms with Crippen LogP contribution in [-0.2, 0) is 0 Å². The Hall–Kier alpha value is -2.79. The van der Waals surface area contributed by atoms with E-state index in [-0.39, 0.29) is 5.89 Å². The van der Waals surface area contributed by atoms with Gasteiger partial charge in [0.05, 0.1) is 13.7 Å². The van der Waals surface area contributed by atoms with Gasteiger partial charge in [0, 0.05) is 5.56 Å². The van der Waals surface area contributed by atoms with Crippen LogP contribution in [0.1, 0.15) is 31.7 Å². The predicted molar refractivity (Wildman–Crippen MR) is 111 cm³/mol. The minimum atomic E-state index is 0.261. The summed E-state index contributed by atoms with van der Waals surface area (Å²) >= 11 is 6.39. The maximum atomic E-state index is 6.39. The van der Waals surface area contributed by atoms with E-state index in [1.165, 1.54) is 0 Å². The summed E-state index contributed by atoms with van der Waals surface area (Å²) in [5.41, 5.74) is 1.69. The van der Waals surface area contributed by atoms with Crippen LogP contribution in [0.3, 0.4) is 0 Å². The van der Waals surface area contributed by atoms with Gasteiger partial charge in [-0.05, 0) is 48.2 Å². The lowest BCUT2D eigenvalue weighted by Gasteiger charge is -2.12. The fraction of sp³-hybridized carbons (Fsp3) is 0.273. The smallest absolute Gasteiger partial charge is 0.259 e. The van der Waals surface area contributed by atoms with E-state index in [0.29, 0.717) is 34.9 Å². The topological polar surface area (TPSA) is 57.4 Å². The zero-order valence-electron chi connectivity index (χ0n) is 16.2. The van der Waals surface area contributed by atoms with Crippen LogP contribution in [0.15, 0.2) is 52.9 Å². The van der Waals surface area contributed by atoms with Gasteiger partial charge in [0.2, 0.25) is 5.89 Å². The van der Waals surface area contributed by atoms with Crippen molar-refractivity contribution in [2.45, 2.75) is 20.3 Å². The summed E-state index contributed by atoms with van der Waals surface area (Å²) < 4.78 is 16.9. The van der Waals surface area contributed by atoms with Crippen molar-refractivity contribution in [3.63, 3.8) is 0 Å². The van der Waals surface area contributed by atoms with Crippen LogP contribution in [-0.4, -0.2) is 23.9 Å². The van der Waals surface area contributed by atoms with Crippen LogP contribution in [0, 0.1) is 5.92 Å². The standard InChI is InChI=1S/C22H23ClN2O3/c1-15(2)11-12-27-19-10-9-16(14-20(19)26-3)13-18(23)22-25-24-21(28-22)17-7-5-4-6-8-17/h4-10,13-15H,11-12H2,1-3H3/b18-13-. The number of hydrogen-bond acceptors (Lipinski definition) is 5. The number of nitrogens with zero attached hydrogens (tertiary/aromatic N) is 2. The van der Waals surface area contributed by atoms with Crippen molar-refractivity contribution in [3.05, 3.63) is 60.0 Å². The average molecular weight is 399 g/mol. The minimum Gasteiger partial charge on any atom is -0.493 e. The molecule has 0 spiro atoms. The van der Waals surface area contributed by atoms with Crippen LogP contribution in [0.4, 0.5) is 0 Å². The molecule has 1 heterocycles. The molecule has 0 radical (unpaired) electrons. The van der Waals surface area contributed by atoms with Crippen LogP contribution in [0.2, 0.25) is 0 Å². The maximum absolute atomic E-state index is 6.39. The molecule has 0 aliphatic rings. The van der Waals surface area contributed by atoms with Crippen molar-refractivity contribution in [2.75, 3.05) is 13.7 Å². The fourth-order valence-electron chi connectivity index (χ4n) is 2.52. The summed E-state index contributed by atoms with van der Waals surface area (Å²) in [5.74, 6) is 2.63. The van der Waals surface area contributed by atoms with Crippen LogP contribution in [0.5, 0.6) is 11.5 Å².